The highest BCUT2D eigenvalue weighted by atomic mass is 32.5. The lowest BCUT2D eigenvalue weighted by atomic mass is 9.94. The van der Waals surface area contributed by atoms with Crippen LogP contribution in [0.1, 0.15) is 27.2 Å². The van der Waals surface area contributed by atoms with Crippen LogP contribution in [0.25, 0.3) is 0 Å². The van der Waals surface area contributed by atoms with Crippen LogP contribution in [0.4, 0.5) is 0 Å². The molecule has 1 amide bonds. The average molecular weight is 553 g/mol. The van der Waals surface area contributed by atoms with Gasteiger partial charge in [-0.1, -0.05) is 24.1 Å². The zero-order valence-electron chi connectivity index (χ0n) is 20.5. The first-order valence-corrected chi connectivity index (χ1v) is 14.1. The maximum atomic E-state index is 12.4. The van der Waals surface area contributed by atoms with Gasteiger partial charge in [0.15, 0.2) is 17.6 Å². The Morgan fingerprint density at radius 2 is 2.03 bits per heavy atom. The van der Waals surface area contributed by atoms with E-state index in [-0.39, 0.29) is 6.10 Å². The number of aliphatic hydroxyl groups excluding tert-OH is 1. The van der Waals surface area contributed by atoms with Crippen molar-refractivity contribution in [2.75, 3.05) is 6.61 Å². The number of carbonyl (C=O) groups is 3. The van der Waals surface area contributed by atoms with Crippen LogP contribution in [-0.2, 0) is 40.2 Å². The van der Waals surface area contributed by atoms with E-state index in [9.17, 15) is 24.6 Å². The smallest absolute Gasteiger partial charge is 0.323 e. The fourth-order valence-corrected chi connectivity index (χ4v) is 6.02. The second-order valence-electron chi connectivity index (χ2n) is 8.74. The Morgan fingerprint density at radius 3 is 2.62 bits per heavy atom. The molecular weight excluding hydrogens is 523 g/mol. The molecule has 0 unspecified atom stereocenters. The summed E-state index contributed by atoms with van der Waals surface area (Å²) in [6.45, 7) is 1.05. The lowest BCUT2D eigenvalue weighted by molar-refractivity contribution is -0.153. The molecule has 0 bridgehead atoms. The van der Waals surface area contributed by atoms with Crippen molar-refractivity contribution in [1.29, 1.82) is 0 Å². The lowest BCUT2D eigenvalue weighted by Gasteiger charge is -2.33. The van der Waals surface area contributed by atoms with Gasteiger partial charge >= 0.3 is 12.6 Å². The van der Waals surface area contributed by atoms with E-state index in [0.29, 0.717) is 5.75 Å². The molecule has 6 atom stereocenters. The van der Waals surface area contributed by atoms with Crippen molar-refractivity contribution in [2.24, 2.45) is 0 Å². The molecule has 3 rings (SSSR count). The van der Waals surface area contributed by atoms with Crippen molar-refractivity contribution in [3.8, 4) is 18.1 Å². The molecule has 2 aliphatic heterocycles. The van der Waals surface area contributed by atoms with Gasteiger partial charge in [-0.05, 0) is 50.8 Å². The number of rotatable bonds is 10. The van der Waals surface area contributed by atoms with Crippen molar-refractivity contribution in [1.82, 2.24) is 9.99 Å². The molecule has 1 saturated heterocycles. The van der Waals surface area contributed by atoms with Gasteiger partial charge in [0, 0.05) is 6.20 Å². The molecular formula is C24H29N2O9PS. The fourth-order valence-electron chi connectivity index (χ4n) is 3.60. The normalized spacial score (nSPS) is 28.0. The van der Waals surface area contributed by atoms with Gasteiger partial charge in [0.2, 0.25) is 5.91 Å². The first-order valence-electron chi connectivity index (χ1n) is 11.4. The number of para-hydroxylation sites is 1. The SMILES string of the molecule is C#C[C@@]1(O)[C@H](O)[C@@H](CO[P@](=S)(N[C@@H](C)C(=O)OC(C)C)Oc2ccccc2)O[C@H]1N1C=CC(=O)CC1=O. The van der Waals surface area contributed by atoms with Gasteiger partial charge in [0.05, 0.1) is 19.1 Å². The number of ether oxygens (including phenoxy) is 2. The molecule has 11 nitrogen and oxygen atoms in total. The number of allylic oxidation sites excluding steroid dienone is 1. The van der Waals surface area contributed by atoms with Crippen LogP contribution in [0.5, 0.6) is 5.75 Å². The molecule has 0 spiro atoms. The number of ketones is 1. The third-order valence-electron chi connectivity index (χ3n) is 5.44. The summed E-state index contributed by atoms with van der Waals surface area (Å²) in [5.74, 6) is 0.803. The van der Waals surface area contributed by atoms with Crippen LogP contribution < -0.4 is 9.61 Å². The second kappa shape index (κ2) is 11.8. The summed E-state index contributed by atoms with van der Waals surface area (Å²) in [6, 6.07) is 7.61. The van der Waals surface area contributed by atoms with Crippen molar-refractivity contribution >= 4 is 36.1 Å². The third-order valence-corrected chi connectivity index (χ3v) is 7.94. The number of nitrogens with one attached hydrogen (secondary N) is 1. The van der Waals surface area contributed by atoms with Gasteiger partial charge in [-0.15, -0.1) is 6.42 Å². The number of nitrogens with zero attached hydrogens (tertiary/aromatic N) is 1. The van der Waals surface area contributed by atoms with Crippen molar-refractivity contribution in [3.63, 3.8) is 0 Å². The van der Waals surface area contributed by atoms with E-state index in [0.717, 1.165) is 17.2 Å². The Labute approximate surface area is 219 Å². The predicted molar refractivity (Wildman–Crippen MR) is 135 cm³/mol. The fraction of sp³-hybridized carbons (Fsp3) is 0.458. The minimum absolute atomic E-state index is 0.354. The highest BCUT2D eigenvalue weighted by molar-refractivity contribution is 8.09. The van der Waals surface area contributed by atoms with Crippen LogP contribution in [-0.4, -0.2) is 75.6 Å². The van der Waals surface area contributed by atoms with Crippen molar-refractivity contribution in [3.05, 3.63) is 42.6 Å². The van der Waals surface area contributed by atoms with E-state index in [4.69, 9.17) is 36.8 Å². The molecule has 0 aromatic heterocycles. The number of carbonyl (C=O) groups excluding carboxylic acids is 3. The summed E-state index contributed by atoms with van der Waals surface area (Å²) in [5, 5.41) is 24.7. The van der Waals surface area contributed by atoms with E-state index >= 15 is 0 Å². The molecule has 1 fully saturated rings. The minimum atomic E-state index is -3.48. The Bertz CT molecular complexity index is 1140. The van der Waals surface area contributed by atoms with E-state index < -0.39 is 67.4 Å². The van der Waals surface area contributed by atoms with Crippen LogP contribution in [0, 0.1) is 12.3 Å². The second-order valence-corrected chi connectivity index (χ2v) is 11.9. The van der Waals surface area contributed by atoms with Gasteiger partial charge in [-0.2, -0.15) is 0 Å². The van der Waals surface area contributed by atoms with E-state index in [1.807, 2.05) is 0 Å². The summed E-state index contributed by atoms with van der Waals surface area (Å²) in [7, 11) is 0. The molecule has 200 valence electrons. The van der Waals surface area contributed by atoms with Gasteiger partial charge in [-0.3, -0.25) is 19.3 Å². The average Bonchev–Trinajstić information content (AvgIpc) is 3.08. The summed E-state index contributed by atoms with van der Waals surface area (Å²) >= 11 is 5.63. The number of aliphatic hydroxyl groups is 2. The number of esters is 1. The Hall–Kier alpha value is -2.62. The van der Waals surface area contributed by atoms with E-state index in [2.05, 4.69) is 11.0 Å². The molecule has 13 heteroatoms. The van der Waals surface area contributed by atoms with Gasteiger partial charge in [0.25, 0.3) is 0 Å². The Kier molecular flexibility index (Phi) is 9.26. The number of amides is 1. The zero-order chi connectivity index (χ0) is 27.4. The molecule has 1 aromatic rings. The molecule has 1 aromatic carbocycles. The highest BCUT2D eigenvalue weighted by Gasteiger charge is 2.58. The number of benzene rings is 1. The summed E-state index contributed by atoms with van der Waals surface area (Å²) in [6.07, 6.45) is 2.58. The van der Waals surface area contributed by atoms with Gasteiger partial charge in [-0.25, -0.2) is 5.09 Å². The minimum Gasteiger partial charge on any atom is -0.462 e. The van der Waals surface area contributed by atoms with Crippen LogP contribution in [0.3, 0.4) is 0 Å². The summed E-state index contributed by atoms with van der Waals surface area (Å²) < 4.78 is 22.7. The molecule has 37 heavy (non-hydrogen) atoms. The first kappa shape index (κ1) is 28.9. The summed E-state index contributed by atoms with van der Waals surface area (Å²) in [5.41, 5.74) is -2.31. The zero-order valence-corrected chi connectivity index (χ0v) is 22.2. The van der Waals surface area contributed by atoms with Crippen LogP contribution in [0.2, 0.25) is 0 Å². The van der Waals surface area contributed by atoms with E-state index in [1.54, 1.807) is 44.2 Å². The lowest BCUT2D eigenvalue weighted by Crippen LogP contribution is -2.55. The monoisotopic (exact) mass is 552 g/mol. The molecule has 0 aliphatic carbocycles. The maximum absolute atomic E-state index is 12.4. The van der Waals surface area contributed by atoms with Crippen molar-refractivity contribution < 1.29 is 43.1 Å². The standard InChI is InChI=1S/C24H29N2O9PS/c1-5-24(31)21(29)19(34-23(24)26-12-11-17(27)13-20(26)28)14-32-36(37,35-18-9-7-6-8-10-18)25-16(4)22(30)33-15(2)3/h1,6-12,15-16,19,21,23,29,31H,13-14H2,2-4H3,(H,25,37)/t16-,19+,21+,23+,24+,36+/m0/s1. The molecule has 2 aliphatic rings. The van der Waals surface area contributed by atoms with Gasteiger partial charge < -0.3 is 28.7 Å². The number of terminal acetylenes is 1. The van der Waals surface area contributed by atoms with Crippen LogP contribution >= 0.6 is 6.64 Å². The molecule has 0 radical (unpaired) electrons. The highest BCUT2D eigenvalue weighted by Crippen LogP contribution is 2.46. The molecule has 2 heterocycles. The Balaban J connectivity index is 1.80. The topological polar surface area (TPSA) is 144 Å². The largest absolute Gasteiger partial charge is 0.462 e. The van der Waals surface area contributed by atoms with Crippen molar-refractivity contribution in [2.45, 2.75) is 63.4 Å². The molecule has 0 saturated carbocycles. The summed E-state index contributed by atoms with van der Waals surface area (Å²) in [4.78, 5) is 37.3. The number of hydrogen-bond donors (Lipinski definition) is 3. The quantitative estimate of drug-likeness (QED) is 0.166. The third kappa shape index (κ3) is 6.83. The Morgan fingerprint density at radius 1 is 1.35 bits per heavy atom. The predicted octanol–water partition coefficient (Wildman–Crippen LogP) is 1.00. The molecule has 3 N–H and O–H groups in total. The first-order chi connectivity index (χ1) is 17.4. The van der Waals surface area contributed by atoms with Gasteiger partial charge in [0.1, 0.15) is 24.0 Å². The van der Waals surface area contributed by atoms with E-state index in [1.165, 1.54) is 6.92 Å². The maximum Gasteiger partial charge on any atom is 0.323 e. The van der Waals surface area contributed by atoms with Crippen LogP contribution in [0.15, 0.2) is 42.6 Å². The number of hydrogen-bond acceptors (Lipinski definition) is 10.